The molecule has 0 aliphatic heterocycles. The Kier molecular flexibility index (Phi) is 6.73. The predicted octanol–water partition coefficient (Wildman–Crippen LogP) is 6.89. The van der Waals surface area contributed by atoms with Crippen LogP contribution in [0.5, 0.6) is 5.75 Å². The van der Waals surface area contributed by atoms with Gasteiger partial charge in [-0.15, -0.1) is 11.3 Å². The summed E-state index contributed by atoms with van der Waals surface area (Å²) in [6.07, 6.45) is 0.625. The number of aromatic amines is 1. The van der Waals surface area contributed by atoms with Crippen molar-refractivity contribution in [3.05, 3.63) is 62.2 Å². The number of rotatable bonds is 6. The zero-order valence-corrected chi connectivity index (χ0v) is 22.0. The molecule has 0 spiro atoms. The molecule has 4 aromatic rings. The van der Waals surface area contributed by atoms with Crippen molar-refractivity contribution in [2.75, 3.05) is 13.7 Å². The Hall–Kier alpha value is -2.84. The molecule has 2 N–H and O–H groups in total. The number of aromatic nitrogens is 1. The fourth-order valence-corrected chi connectivity index (χ4v) is 5.62. The van der Waals surface area contributed by atoms with Gasteiger partial charge in [-0.3, -0.25) is 4.79 Å². The summed E-state index contributed by atoms with van der Waals surface area (Å²) in [5, 5.41) is 13.3. The highest BCUT2D eigenvalue weighted by atomic mass is 79.9. The van der Waals surface area contributed by atoms with E-state index in [4.69, 9.17) is 4.74 Å². The van der Waals surface area contributed by atoms with E-state index in [-0.39, 0.29) is 5.56 Å². The Morgan fingerprint density at radius 3 is 2.53 bits per heavy atom. The number of H-pyrrole nitrogens is 1. The highest BCUT2D eigenvalue weighted by Gasteiger charge is 2.25. The first kappa shape index (κ1) is 24.3. The first-order valence-electron chi connectivity index (χ1n) is 11.0. The zero-order valence-electron chi connectivity index (χ0n) is 19.6. The largest absolute Gasteiger partial charge is 0.496 e. The van der Waals surface area contributed by atoms with Crippen LogP contribution in [0.3, 0.4) is 0 Å². The molecule has 1 amide bonds. The van der Waals surface area contributed by atoms with Crippen LogP contribution in [0.25, 0.3) is 32.1 Å². The van der Waals surface area contributed by atoms with Crippen molar-refractivity contribution in [1.29, 1.82) is 0 Å². The van der Waals surface area contributed by atoms with Gasteiger partial charge in [0.2, 0.25) is 0 Å². The molecule has 0 bridgehead atoms. The Labute approximate surface area is 210 Å². The molecule has 0 saturated heterocycles. The van der Waals surface area contributed by atoms with E-state index in [0.29, 0.717) is 17.0 Å². The third-order valence-electron chi connectivity index (χ3n) is 5.97. The maximum absolute atomic E-state index is 12.6. The van der Waals surface area contributed by atoms with Crippen molar-refractivity contribution in [2.24, 2.45) is 0 Å². The van der Waals surface area contributed by atoms with Crippen LogP contribution in [-0.2, 0) is 6.42 Å². The first-order chi connectivity index (χ1) is 16.1. The number of carbonyl (C=O) groups is 1. The molecule has 4 rings (SSSR count). The predicted molar refractivity (Wildman–Crippen MR) is 142 cm³/mol. The normalized spacial score (nSPS) is 11.8. The van der Waals surface area contributed by atoms with Crippen LogP contribution < -0.4 is 10.3 Å². The standard InChI is InChI=1S/C26H27BrN2O4S/c1-26(2,3)29(25(31)32)12-5-6-15-7-9-16(10-8-15)20-19(33-4)14-18(27)22-21(20)17-11-13-34-23(17)24(30)28-22/h7-11,13-14H,5-6,12H2,1-4H3,(H,28,30)(H,31,32). The van der Waals surface area contributed by atoms with Gasteiger partial charge in [-0.2, -0.15) is 0 Å². The molecule has 2 aromatic carbocycles. The topological polar surface area (TPSA) is 82.6 Å². The Bertz CT molecular complexity index is 1420. The number of hydrogen-bond acceptors (Lipinski definition) is 4. The number of hydrogen-bond donors (Lipinski definition) is 2. The van der Waals surface area contributed by atoms with E-state index in [0.717, 1.165) is 50.3 Å². The zero-order chi connectivity index (χ0) is 24.6. The van der Waals surface area contributed by atoms with E-state index in [9.17, 15) is 14.7 Å². The molecule has 0 atom stereocenters. The van der Waals surface area contributed by atoms with E-state index < -0.39 is 11.6 Å². The van der Waals surface area contributed by atoms with Crippen LogP contribution in [0.2, 0.25) is 0 Å². The second kappa shape index (κ2) is 9.43. The molecule has 6 nitrogen and oxygen atoms in total. The van der Waals surface area contributed by atoms with Gasteiger partial charge < -0.3 is 19.7 Å². The number of benzene rings is 2. The maximum Gasteiger partial charge on any atom is 0.407 e. The van der Waals surface area contributed by atoms with Crippen LogP contribution in [0, 0.1) is 0 Å². The number of nitrogens with one attached hydrogen (secondary N) is 1. The Morgan fingerprint density at radius 2 is 1.91 bits per heavy atom. The van der Waals surface area contributed by atoms with Crippen LogP contribution in [-0.4, -0.2) is 40.3 Å². The van der Waals surface area contributed by atoms with Gasteiger partial charge in [0.05, 0.1) is 12.6 Å². The van der Waals surface area contributed by atoms with Crippen LogP contribution in [0.4, 0.5) is 4.79 Å². The van der Waals surface area contributed by atoms with Crippen LogP contribution in [0.15, 0.2) is 51.0 Å². The molecular formula is C26H27BrN2O4S. The van der Waals surface area contributed by atoms with Crippen LogP contribution >= 0.6 is 27.3 Å². The molecule has 178 valence electrons. The van der Waals surface area contributed by atoms with Gasteiger partial charge >= 0.3 is 6.09 Å². The number of pyridine rings is 1. The van der Waals surface area contributed by atoms with Crippen molar-refractivity contribution < 1.29 is 14.6 Å². The first-order valence-corrected chi connectivity index (χ1v) is 12.7. The smallest absolute Gasteiger partial charge is 0.407 e. The van der Waals surface area contributed by atoms with Gasteiger partial charge in [-0.25, -0.2) is 4.79 Å². The number of thiophene rings is 1. The van der Waals surface area contributed by atoms with E-state index in [1.165, 1.54) is 16.2 Å². The molecule has 34 heavy (non-hydrogen) atoms. The number of methoxy groups -OCH3 is 1. The van der Waals surface area contributed by atoms with E-state index in [1.54, 1.807) is 7.11 Å². The molecule has 2 aromatic heterocycles. The van der Waals surface area contributed by atoms with Gasteiger partial charge in [0.15, 0.2) is 0 Å². The minimum atomic E-state index is -0.894. The number of carboxylic acid groups (broad SMARTS) is 1. The molecule has 0 aliphatic carbocycles. The number of halogens is 1. The summed E-state index contributed by atoms with van der Waals surface area (Å²) in [5.74, 6) is 0.717. The monoisotopic (exact) mass is 542 g/mol. The lowest BCUT2D eigenvalue weighted by Crippen LogP contribution is -2.45. The third kappa shape index (κ3) is 4.57. The summed E-state index contributed by atoms with van der Waals surface area (Å²) in [6.45, 7) is 6.20. The Balaban J connectivity index is 1.69. The van der Waals surface area contributed by atoms with Crippen molar-refractivity contribution in [1.82, 2.24) is 9.88 Å². The Morgan fingerprint density at radius 1 is 1.21 bits per heavy atom. The minimum Gasteiger partial charge on any atom is -0.496 e. The van der Waals surface area contributed by atoms with E-state index >= 15 is 0 Å². The summed E-state index contributed by atoms with van der Waals surface area (Å²) in [5.41, 5.74) is 3.26. The lowest BCUT2D eigenvalue weighted by atomic mass is 9.96. The van der Waals surface area contributed by atoms with Crippen LogP contribution in [0.1, 0.15) is 32.8 Å². The van der Waals surface area contributed by atoms with Crippen molar-refractivity contribution in [3.63, 3.8) is 0 Å². The van der Waals surface area contributed by atoms with Gasteiger partial charge in [0, 0.05) is 32.9 Å². The second-order valence-electron chi connectivity index (χ2n) is 9.21. The lowest BCUT2D eigenvalue weighted by Gasteiger charge is -2.33. The average molecular weight is 543 g/mol. The third-order valence-corrected chi connectivity index (χ3v) is 7.51. The molecule has 8 heteroatoms. The SMILES string of the molecule is COc1cc(Br)c2[nH]c(=O)c3sccc3c2c1-c1ccc(CCCN(C(=O)O)C(C)(C)C)cc1. The fourth-order valence-electron chi connectivity index (χ4n) is 4.32. The number of amides is 1. The molecule has 0 aliphatic rings. The lowest BCUT2D eigenvalue weighted by molar-refractivity contribution is 0.0996. The molecular weight excluding hydrogens is 516 g/mol. The van der Waals surface area contributed by atoms with Crippen molar-refractivity contribution in [3.8, 4) is 16.9 Å². The van der Waals surface area contributed by atoms with Gasteiger partial charge in [0.25, 0.3) is 5.56 Å². The summed E-state index contributed by atoms with van der Waals surface area (Å²) in [6, 6.07) is 12.1. The molecule has 0 saturated carbocycles. The molecule has 0 unspecified atom stereocenters. The number of nitrogens with zero attached hydrogens (tertiary/aromatic N) is 1. The number of ether oxygens (including phenoxy) is 1. The highest BCUT2D eigenvalue weighted by molar-refractivity contribution is 9.10. The van der Waals surface area contributed by atoms with Crippen molar-refractivity contribution in [2.45, 2.75) is 39.2 Å². The quantitative estimate of drug-likeness (QED) is 0.277. The molecule has 0 fully saturated rings. The van der Waals surface area contributed by atoms with Gasteiger partial charge in [-0.05, 0) is 78.2 Å². The average Bonchev–Trinajstić information content (AvgIpc) is 3.27. The van der Waals surface area contributed by atoms with E-state index in [1.807, 2.05) is 38.3 Å². The molecule has 2 heterocycles. The maximum atomic E-state index is 12.6. The number of aryl methyl sites for hydroxylation is 1. The minimum absolute atomic E-state index is 0.102. The van der Waals surface area contributed by atoms with E-state index in [2.05, 4.69) is 45.2 Å². The highest BCUT2D eigenvalue weighted by Crippen LogP contribution is 2.43. The fraction of sp³-hybridized carbons (Fsp3) is 0.308. The van der Waals surface area contributed by atoms with Gasteiger partial charge in [-0.1, -0.05) is 24.3 Å². The summed E-state index contributed by atoms with van der Waals surface area (Å²) >= 11 is 5.01. The summed E-state index contributed by atoms with van der Waals surface area (Å²) in [4.78, 5) is 28.6. The summed E-state index contributed by atoms with van der Waals surface area (Å²) in [7, 11) is 1.64. The van der Waals surface area contributed by atoms with Gasteiger partial charge in [0.1, 0.15) is 10.4 Å². The molecule has 0 radical (unpaired) electrons. The number of fused-ring (bicyclic) bond motifs is 3. The summed E-state index contributed by atoms with van der Waals surface area (Å²) < 4.78 is 7.20. The van der Waals surface area contributed by atoms with Crippen molar-refractivity contribution >= 4 is 54.3 Å². The second-order valence-corrected chi connectivity index (χ2v) is 11.0.